The van der Waals surface area contributed by atoms with Gasteiger partial charge in [-0.3, -0.25) is 4.90 Å². The van der Waals surface area contributed by atoms with Crippen LogP contribution in [0.5, 0.6) is 5.75 Å². The van der Waals surface area contributed by atoms with Crippen LogP contribution < -0.4 is 4.74 Å². The van der Waals surface area contributed by atoms with Crippen LogP contribution >= 0.6 is 11.6 Å². The van der Waals surface area contributed by atoms with Gasteiger partial charge >= 0.3 is 0 Å². The molecule has 21 heavy (non-hydrogen) atoms. The number of rotatable bonds is 3. The third-order valence-corrected chi connectivity index (χ3v) is 5.97. The summed E-state index contributed by atoms with van der Waals surface area (Å²) in [5, 5.41) is 0.644. The van der Waals surface area contributed by atoms with E-state index in [4.69, 9.17) is 21.1 Å². The van der Waals surface area contributed by atoms with Crippen molar-refractivity contribution in [1.29, 1.82) is 0 Å². The topological polar surface area (TPSA) is 55.8 Å². The van der Waals surface area contributed by atoms with Crippen LogP contribution in [0.15, 0.2) is 12.1 Å². The molecule has 2 aliphatic heterocycles. The average molecular weight is 332 g/mol. The minimum atomic E-state index is -2.88. The van der Waals surface area contributed by atoms with Gasteiger partial charge < -0.3 is 9.47 Å². The molecule has 1 aromatic rings. The van der Waals surface area contributed by atoms with Crippen LogP contribution in [0.3, 0.4) is 0 Å². The van der Waals surface area contributed by atoms with Gasteiger partial charge in [0.25, 0.3) is 0 Å². The van der Waals surface area contributed by atoms with Crippen LogP contribution in [-0.4, -0.2) is 44.7 Å². The van der Waals surface area contributed by atoms with Crippen molar-refractivity contribution in [2.75, 3.05) is 25.3 Å². The van der Waals surface area contributed by atoms with Crippen molar-refractivity contribution < 1.29 is 17.9 Å². The van der Waals surface area contributed by atoms with Gasteiger partial charge in [-0.2, -0.15) is 0 Å². The maximum absolute atomic E-state index is 11.6. The van der Waals surface area contributed by atoms with Gasteiger partial charge in [0.2, 0.25) is 0 Å². The second kappa shape index (κ2) is 5.76. The molecule has 0 aromatic heterocycles. The quantitative estimate of drug-likeness (QED) is 0.845. The maximum atomic E-state index is 11.6. The maximum Gasteiger partial charge on any atom is 0.189 e. The van der Waals surface area contributed by atoms with Crippen LogP contribution in [0.4, 0.5) is 0 Å². The summed E-state index contributed by atoms with van der Waals surface area (Å²) >= 11 is 6.14. The number of benzene rings is 1. The molecule has 1 atom stereocenters. The van der Waals surface area contributed by atoms with Gasteiger partial charge in [0.05, 0.1) is 18.1 Å². The summed E-state index contributed by atoms with van der Waals surface area (Å²) in [4.78, 5) is 2.06. The van der Waals surface area contributed by atoms with Crippen molar-refractivity contribution in [3.63, 3.8) is 0 Å². The lowest BCUT2D eigenvalue weighted by Crippen LogP contribution is -2.32. The molecule has 1 fully saturated rings. The van der Waals surface area contributed by atoms with Crippen LogP contribution in [0, 0.1) is 0 Å². The van der Waals surface area contributed by atoms with Crippen molar-refractivity contribution in [1.82, 2.24) is 4.90 Å². The fourth-order valence-corrected chi connectivity index (χ4v) is 4.96. The second-order valence-electron chi connectivity index (χ2n) is 5.64. The van der Waals surface area contributed by atoms with Crippen molar-refractivity contribution >= 4 is 21.4 Å². The summed E-state index contributed by atoms with van der Waals surface area (Å²) in [6.07, 6.45) is 0.686. The summed E-state index contributed by atoms with van der Waals surface area (Å²) in [5.41, 5.74) is 1.92. The molecule has 7 heteroatoms. The molecule has 0 unspecified atom stereocenters. The molecule has 0 saturated carbocycles. The molecule has 2 aliphatic rings. The first-order valence-electron chi connectivity index (χ1n) is 6.87. The summed E-state index contributed by atoms with van der Waals surface area (Å²) in [6, 6.07) is 3.79. The SMILES string of the molecule is CN(Cc1cc(Cl)cc2c1OCOC2)[C@@H]1CCS(=O)(=O)C1. The highest BCUT2D eigenvalue weighted by Gasteiger charge is 2.31. The molecule has 116 valence electrons. The lowest BCUT2D eigenvalue weighted by atomic mass is 10.1. The number of sulfone groups is 1. The minimum absolute atomic E-state index is 0.0597. The zero-order valence-electron chi connectivity index (χ0n) is 11.8. The first-order valence-corrected chi connectivity index (χ1v) is 9.07. The molecule has 0 spiro atoms. The largest absolute Gasteiger partial charge is 0.467 e. The number of nitrogens with zero attached hydrogens (tertiary/aromatic N) is 1. The van der Waals surface area contributed by atoms with Gasteiger partial charge in [0, 0.05) is 28.7 Å². The van der Waals surface area contributed by atoms with Crippen LogP contribution in [-0.2, 0) is 27.7 Å². The fourth-order valence-electron chi connectivity index (χ4n) is 2.89. The highest BCUT2D eigenvalue weighted by Crippen LogP contribution is 2.33. The summed E-state index contributed by atoms with van der Waals surface area (Å²) in [7, 11) is -0.935. The van der Waals surface area contributed by atoms with E-state index in [1.54, 1.807) is 0 Å². The van der Waals surface area contributed by atoms with E-state index in [1.165, 1.54) is 0 Å². The van der Waals surface area contributed by atoms with E-state index in [0.717, 1.165) is 16.9 Å². The van der Waals surface area contributed by atoms with E-state index in [2.05, 4.69) is 4.90 Å². The van der Waals surface area contributed by atoms with Crippen LogP contribution in [0.25, 0.3) is 0 Å². The van der Waals surface area contributed by atoms with E-state index in [0.29, 0.717) is 24.6 Å². The summed E-state index contributed by atoms with van der Waals surface area (Å²) in [5.74, 6) is 1.33. The van der Waals surface area contributed by atoms with Gasteiger partial charge in [-0.1, -0.05) is 11.6 Å². The first-order chi connectivity index (χ1) is 9.94. The Morgan fingerprint density at radius 3 is 2.95 bits per heavy atom. The predicted molar refractivity (Wildman–Crippen MR) is 80.3 cm³/mol. The Kier molecular flexibility index (Phi) is 4.14. The van der Waals surface area contributed by atoms with E-state index in [1.807, 2.05) is 19.2 Å². The Bertz CT molecular complexity index is 647. The standard InChI is InChI=1S/C14H18ClNO4S/c1-16(13-2-3-21(17,18)8-13)6-10-4-12(15)5-11-7-19-9-20-14(10)11/h4-5,13H,2-3,6-9H2,1H3/t13-/m1/s1. The lowest BCUT2D eigenvalue weighted by molar-refractivity contribution is -0.0174. The number of ether oxygens (including phenoxy) is 2. The molecule has 0 bridgehead atoms. The van der Waals surface area contributed by atoms with Gasteiger partial charge in [0.15, 0.2) is 16.6 Å². The molecule has 1 aromatic carbocycles. The van der Waals surface area contributed by atoms with E-state index in [-0.39, 0.29) is 24.3 Å². The molecule has 1 saturated heterocycles. The molecule has 0 aliphatic carbocycles. The smallest absolute Gasteiger partial charge is 0.189 e. The Morgan fingerprint density at radius 1 is 1.43 bits per heavy atom. The third kappa shape index (κ3) is 3.34. The predicted octanol–water partition coefficient (Wildman–Crippen LogP) is 1.83. The molecule has 0 amide bonds. The number of hydrogen-bond acceptors (Lipinski definition) is 5. The highest BCUT2D eigenvalue weighted by atomic mass is 35.5. The number of hydrogen-bond donors (Lipinski definition) is 0. The number of halogens is 1. The molecule has 2 heterocycles. The van der Waals surface area contributed by atoms with Gasteiger partial charge in [-0.15, -0.1) is 0 Å². The van der Waals surface area contributed by atoms with E-state index >= 15 is 0 Å². The van der Waals surface area contributed by atoms with Gasteiger partial charge in [-0.25, -0.2) is 8.42 Å². The monoisotopic (exact) mass is 331 g/mol. The normalized spacial score (nSPS) is 23.9. The molecule has 0 N–H and O–H groups in total. The second-order valence-corrected chi connectivity index (χ2v) is 8.30. The third-order valence-electron chi connectivity index (χ3n) is 4.00. The van der Waals surface area contributed by atoms with E-state index < -0.39 is 9.84 Å². The zero-order valence-corrected chi connectivity index (χ0v) is 13.4. The first kappa shape index (κ1) is 15.1. The van der Waals surface area contributed by atoms with Gasteiger partial charge in [-0.05, 0) is 25.6 Å². The molecular formula is C14H18ClNO4S. The van der Waals surface area contributed by atoms with Crippen molar-refractivity contribution in [2.24, 2.45) is 0 Å². The summed E-state index contributed by atoms with van der Waals surface area (Å²) < 4.78 is 34.0. The number of fused-ring (bicyclic) bond motifs is 1. The Hall–Kier alpha value is -0.820. The van der Waals surface area contributed by atoms with Crippen LogP contribution in [0.2, 0.25) is 5.02 Å². The molecule has 5 nitrogen and oxygen atoms in total. The van der Waals surface area contributed by atoms with Crippen molar-refractivity contribution in [3.8, 4) is 5.75 Å². The van der Waals surface area contributed by atoms with Crippen LogP contribution in [0.1, 0.15) is 17.5 Å². The van der Waals surface area contributed by atoms with Crippen molar-refractivity contribution in [3.05, 3.63) is 28.3 Å². The molecule has 3 rings (SSSR count). The minimum Gasteiger partial charge on any atom is -0.467 e. The highest BCUT2D eigenvalue weighted by molar-refractivity contribution is 7.91. The van der Waals surface area contributed by atoms with Crippen molar-refractivity contribution in [2.45, 2.75) is 25.6 Å². The average Bonchev–Trinajstić information content (AvgIpc) is 2.79. The zero-order chi connectivity index (χ0) is 15.0. The Labute approximate surface area is 129 Å². The fraction of sp³-hybridized carbons (Fsp3) is 0.571. The summed E-state index contributed by atoms with van der Waals surface area (Å²) in [6.45, 7) is 1.34. The Balaban J connectivity index is 1.80. The molecule has 0 radical (unpaired) electrons. The molecular weight excluding hydrogens is 314 g/mol. The lowest BCUT2D eigenvalue weighted by Gasteiger charge is -2.26. The van der Waals surface area contributed by atoms with Gasteiger partial charge in [0.1, 0.15) is 5.75 Å². The van der Waals surface area contributed by atoms with E-state index in [9.17, 15) is 8.42 Å². The Morgan fingerprint density at radius 2 is 2.24 bits per heavy atom.